The monoisotopic (exact) mass is 622 g/mol. The normalized spacial score (nSPS) is 29.9. The van der Waals surface area contributed by atoms with E-state index in [1.54, 1.807) is 38.4 Å². The van der Waals surface area contributed by atoms with Crippen molar-refractivity contribution in [3.63, 3.8) is 0 Å². The molecule has 42 heavy (non-hydrogen) atoms. The molecule has 0 bridgehead atoms. The maximum absolute atomic E-state index is 15.9. The fraction of sp³-hybridized carbons (Fsp3) is 0.500. The summed E-state index contributed by atoms with van der Waals surface area (Å²) in [5, 5.41) is 9.33. The van der Waals surface area contributed by atoms with Crippen molar-refractivity contribution in [3.05, 3.63) is 63.4 Å². The van der Waals surface area contributed by atoms with E-state index in [-0.39, 0.29) is 41.3 Å². The second kappa shape index (κ2) is 10.1. The van der Waals surface area contributed by atoms with Gasteiger partial charge in [0.25, 0.3) is 0 Å². The van der Waals surface area contributed by atoms with Gasteiger partial charge in [0.05, 0.1) is 24.4 Å². The number of alkyl halides is 2. The molecule has 2 saturated carbocycles. The van der Waals surface area contributed by atoms with Crippen molar-refractivity contribution >= 4 is 46.6 Å². The van der Waals surface area contributed by atoms with Crippen LogP contribution in [-0.2, 0) is 19.8 Å². The average Bonchev–Trinajstić information content (AvgIpc) is 3.38. The Morgan fingerprint density at radius 2 is 1.79 bits per heavy atom. The Balaban J connectivity index is 1.47. The first-order valence-corrected chi connectivity index (χ1v) is 14.6. The molecule has 3 atom stereocenters. The van der Waals surface area contributed by atoms with Gasteiger partial charge in [-0.3, -0.25) is 28.5 Å². The first-order valence-electron chi connectivity index (χ1n) is 13.9. The van der Waals surface area contributed by atoms with Crippen molar-refractivity contribution in [2.45, 2.75) is 54.6 Å². The van der Waals surface area contributed by atoms with E-state index in [4.69, 9.17) is 23.2 Å². The number of carbonyl (C=O) groups excluding carboxylic acids is 3. The van der Waals surface area contributed by atoms with E-state index in [0.29, 0.717) is 29.1 Å². The number of hydrogen-bond acceptors (Lipinski definition) is 4. The molecule has 3 amide bonds. The Bertz CT molecular complexity index is 1470. The summed E-state index contributed by atoms with van der Waals surface area (Å²) >= 11 is 12.5. The molecule has 224 valence electrons. The second-order valence-corrected chi connectivity index (χ2v) is 13.3. The van der Waals surface area contributed by atoms with Gasteiger partial charge in [0.2, 0.25) is 17.7 Å². The Labute approximate surface area is 251 Å². The Morgan fingerprint density at radius 1 is 1.10 bits per heavy atom. The predicted molar refractivity (Wildman–Crippen MR) is 153 cm³/mol. The molecule has 4 aliphatic rings. The van der Waals surface area contributed by atoms with E-state index in [0.717, 1.165) is 0 Å². The first kappa shape index (κ1) is 29.3. The largest absolute Gasteiger partial charge is 0.352 e. The van der Waals surface area contributed by atoms with Gasteiger partial charge in [0.1, 0.15) is 11.2 Å². The lowest BCUT2D eigenvalue weighted by Crippen LogP contribution is -2.70. The van der Waals surface area contributed by atoms with Gasteiger partial charge in [-0.05, 0) is 55.0 Å². The predicted octanol–water partition coefficient (Wildman–Crippen LogP) is 4.52. The van der Waals surface area contributed by atoms with E-state index >= 15 is 4.39 Å². The number of nitrogens with one attached hydrogen (secondary N) is 3. The third-order valence-electron chi connectivity index (χ3n) is 9.79. The summed E-state index contributed by atoms with van der Waals surface area (Å²) in [5.41, 5.74) is -3.33. The number of rotatable bonds is 6. The molecule has 2 aromatic carbocycles. The second-order valence-electron chi connectivity index (χ2n) is 12.5. The molecule has 0 unspecified atom stereocenters. The third-order valence-corrected chi connectivity index (χ3v) is 10.3. The van der Waals surface area contributed by atoms with Gasteiger partial charge in [-0.2, -0.15) is 0 Å². The molecule has 6 rings (SSSR count). The van der Waals surface area contributed by atoms with Gasteiger partial charge >= 0.3 is 0 Å². The maximum atomic E-state index is 15.9. The van der Waals surface area contributed by atoms with Gasteiger partial charge in [-0.15, -0.1) is 0 Å². The molecule has 2 spiro atoms. The maximum Gasteiger partial charge on any atom is 0.238 e. The summed E-state index contributed by atoms with van der Waals surface area (Å²) in [4.78, 5) is 42.2. The lowest BCUT2D eigenvalue weighted by Gasteiger charge is -2.59. The molecule has 2 heterocycles. The van der Waals surface area contributed by atoms with Gasteiger partial charge in [-0.1, -0.05) is 41.4 Å². The Morgan fingerprint density at radius 3 is 2.43 bits per heavy atom. The van der Waals surface area contributed by atoms with Crippen molar-refractivity contribution < 1.29 is 27.6 Å². The molecule has 0 radical (unpaired) electrons. The van der Waals surface area contributed by atoms with Crippen molar-refractivity contribution in [3.8, 4) is 0 Å². The molecule has 2 aliphatic carbocycles. The highest BCUT2D eigenvalue weighted by Crippen LogP contribution is 2.68. The third kappa shape index (κ3) is 4.01. The number of carbonyl (C=O) groups is 3. The van der Waals surface area contributed by atoms with Crippen molar-refractivity contribution in [2.75, 3.05) is 32.8 Å². The van der Waals surface area contributed by atoms with Gasteiger partial charge < -0.3 is 15.5 Å². The van der Waals surface area contributed by atoms with Crippen molar-refractivity contribution in [1.82, 2.24) is 15.5 Å². The molecular weight excluding hydrogens is 592 g/mol. The van der Waals surface area contributed by atoms with Crippen LogP contribution in [0.15, 0.2) is 36.4 Å². The lowest BCUT2D eigenvalue weighted by molar-refractivity contribution is -0.138. The first-order chi connectivity index (χ1) is 19.9. The van der Waals surface area contributed by atoms with Crippen LogP contribution in [0, 0.1) is 17.2 Å². The lowest BCUT2D eigenvalue weighted by atomic mass is 9.46. The summed E-state index contributed by atoms with van der Waals surface area (Å²) in [6, 6.07) is 7.77. The zero-order valence-electron chi connectivity index (χ0n) is 23.1. The van der Waals surface area contributed by atoms with Crippen LogP contribution in [0.25, 0.3) is 0 Å². The molecule has 7 nitrogen and oxygen atoms in total. The number of nitrogens with zero attached hydrogens (tertiary/aromatic N) is 1. The van der Waals surface area contributed by atoms with Crippen LogP contribution in [-0.4, -0.2) is 67.7 Å². The van der Waals surface area contributed by atoms with Crippen LogP contribution in [0.2, 0.25) is 10.0 Å². The minimum Gasteiger partial charge on any atom is -0.352 e. The summed E-state index contributed by atoms with van der Waals surface area (Å²) in [6.45, 7) is -1.90. The minimum absolute atomic E-state index is 0.0302. The highest BCUT2D eigenvalue weighted by Gasteiger charge is 2.78. The van der Waals surface area contributed by atoms with Gasteiger partial charge in [0, 0.05) is 53.6 Å². The van der Waals surface area contributed by atoms with E-state index in [9.17, 15) is 23.2 Å². The highest BCUT2D eigenvalue weighted by atomic mass is 35.5. The van der Waals surface area contributed by atoms with Gasteiger partial charge in [0.15, 0.2) is 0 Å². The van der Waals surface area contributed by atoms with Crippen LogP contribution in [0.3, 0.4) is 0 Å². The molecular formula is C30H31Cl2F3N4O3. The number of anilines is 1. The highest BCUT2D eigenvalue weighted by molar-refractivity contribution is 6.31. The zero-order chi connectivity index (χ0) is 30.2. The zero-order valence-corrected chi connectivity index (χ0v) is 24.6. The van der Waals surface area contributed by atoms with E-state index in [1.165, 1.54) is 17.0 Å². The fourth-order valence-corrected chi connectivity index (χ4v) is 8.31. The van der Waals surface area contributed by atoms with E-state index in [1.807, 2.05) is 0 Å². The SMILES string of the molecule is CN(C)C(=O)C1CC(NC(=O)[C@@H]2NC3(CC(CF)(CF)C3)[C@@]3(C(=O)Nc4cc(Cl)ccc43)[C@H]2c2cccc(Cl)c2F)C1. The molecule has 2 aliphatic heterocycles. The summed E-state index contributed by atoms with van der Waals surface area (Å²) in [7, 11) is 3.34. The summed E-state index contributed by atoms with van der Waals surface area (Å²) < 4.78 is 44.4. The van der Waals surface area contributed by atoms with Crippen LogP contribution in [0.5, 0.6) is 0 Å². The van der Waals surface area contributed by atoms with Gasteiger partial charge in [-0.25, -0.2) is 4.39 Å². The molecule has 2 aromatic rings. The van der Waals surface area contributed by atoms with Crippen molar-refractivity contribution in [1.29, 1.82) is 0 Å². The number of fused-ring (bicyclic) bond motifs is 3. The molecule has 1 saturated heterocycles. The average molecular weight is 624 g/mol. The Kier molecular flexibility index (Phi) is 7.06. The smallest absolute Gasteiger partial charge is 0.238 e. The topological polar surface area (TPSA) is 90.5 Å². The van der Waals surface area contributed by atoms with Crippen LogP contribution in [0.4, 0.5) is 18.9 Å². The molecule has 3 N–H and O–H groups in total. The molecule has 12 heteroatoms. The van der Waals surface area contributed by atoms with E-state index < -0.39 is 59.3 Å². The van der Waals surface area contributed by atoms with Crippen LogP contribution < -0.4 is 16.0 Å². The van der Waals surface area contributed by atoms with Crippen molar-refractivity contribution in [2.24, 2.45) is 11.3 Å². The van der Waals surface area contributed by atoms with Crippen LogP contribution >= 0.6 is 23.2 Å². The molecule has 3 fully saturated rings. The quantitative estimate of drug-likeness (QED) is 0.442. The minimum atomic E-state index is -1.61. The summed E-state index contributed by atoms with van der Waals surface area (Å²) in [5.74, 6) is -3.17. The fourth-order valence-electron chi connectivity index (χ4n) is 7.95. The standard InChI is InChI=1S/C30H31Cl2F3N4O3/c1-39(2)26(41)15-8-17(9-15)36-25(40)24-22(18-4-3-5-20(32)23(18)35)30(29(38-24)11-28(12-29,13-33)14-34)19-7-6-16(31)10-21(19)37-27(30)42/h3-7,10,15,17,22,24,38H,8-9,11-14H2,1-2H3,(H,36,40)(H,37,42)/t15?,17?,22-,24+,30+/m0/s1. The van der Waals surface area contributed by atoms with Crippen LogP contribution in [0.1, 0.15) is 42.7 Å². The summed E-state index contributed by atoms with van der Waals surface area (Å²) in [6.07, 6.45) is 0.703. The number of amides is 3. The number of benzene rings is 2. The number of hydrogen-bond donors (Lipinski definition) is 3. The molecule has 0 aromatic heterocycles. The number of halogens is 5. The Hall–Kier alpha value is -2.82. The van der Waals surface area contributed by atoms with E-state index in [2.05, 4.69) is 16.0 Å².